The Morgan fingerprint density at radius 2 is 1.22 bits per heavy atom. The summed E-state index contributed by atoms with van der Waals surface area (Å²) in [7, 11) is 4.47. The smallest absolute Gasteiger partial charge is 0.265 e. The SMILES string of the molecule is CI.C[N+]1(C)CCC(CCN2C(=O)c3cccc(NC(=O)c4ccc(Cl)s4)c3C2=O)CC1.O=C(Nc1cccc2c1C(=O)N(C1CCNCC1)C2=O)c1ccc(Cl)s1.[I-]. The molecule has 4 aliphatic heterocycles. The molecule has 2 aromatic carbocycles. The van der Waals surface area contributed by atoms with Gasteiger partial charge in [-0.1, -0.05) is 57.9 Å². The van der Waals surface area contributed by atoms with Gasteiger partial charge in [0.2, 0.25) is 0 Å². The molecule has 12 nitrogen and oxygen atoms in total. The van der Waals surface area contributed by atoms with E-state index in [1.165, 1.54) is 9.80 Å². The van der Waals surface area contributed by atoms with Crippen LogP contribution in [0.3, 0.4) is 0 Å². The number of quaternary nitrogens is 1. The van der Waals surface area contributed by atoms with Crippen molar-refractivity contribution in [1.82, 2.24) is 15.1 Å². The third-order valence-corrected chi connectivity index (χ3v) is 13.2. The fourth-order valence-electron chi connectivity index (χ4n) is 7.61. The number of nitrogens with one attached hydrogen (secondary N) is 3. The molecule has 0 radical (unpaired) electrons. The molecule has 0 aliphatic carbocycles. The molecule has 314 valence electrons. The number of rotatable bonds is 8. The first-order valence-corrected chi connectivity index (χ1v) is 23.4. The first kappa shape index (κ1) is 47.1. The first-order chi connectivity index (χ1) is 27.8. The van der Waals surface area contributed by atoms with Gasteiger partial charge in [-0.05, 0) is 105 Å². The number of nitrogens with zero attached hydrogens (tertiary/aromatic N) is 3. The normalized spacial score (nSPS) is 17.3. The van der Waals surface area contributed by atoms with Crippen molar-refractivity contribution in [2.45, 2.75) is 38.1 Å². The zero-order valence-electron chi connectivity index (χ0n) is 32.6. The summed E-state index contributed by atoms with van der Waals surface area (Å²) in [5.41, 5.74) is 1.96. The minimum absolute atomic E-state index is 0. The highest BCUT2D eigenvalue weighted by molar-refractivity contribution is 14.1. The van der Waals surface area contributed by atoms with Crippen LogP contribution in [0.1, 0.15) is 92.9 Å². The Hall–Kier alpha value is -2.98. The van der Waals surface area contributed by atoms with Crippen LogP contribution in [0.15, 0.2) is 60.7 Å². The molecule has 6 amide bonds. The number of fused-ring (bicyclic) bond motifs is 2. The second-order valence-corrected chi connectivity index (χ2v) is 18.3. The molecule has 0 atom stereocenters. The number of amides is 6. The molecule has 18 heteroatoms. The number of halogens is 4. The third kappa shape index (κ3) is 10.7. The standard InChI is InChI=1S/C22H24ClN3O3S.C18H16ClN3O3S.CH3I.HI/c1-26(2)12-9-14(10-13-26)8-11-25-21(28)15-4-3-5-16(19(15)22(25)29)24-20(27)17-6-7-18(23)30-17;19-14-5-4-13(26-14)16(23)21-12-3-1-2-11-15(12)18(25)22(17(11)24)10-6-8-20-9-7-10;1-2;/h3-7,14H,8-13H2,1-2H3;1-5,10,20H,6-9H2,(H,21,23);1H3;1H. The molecule has 8 rings (SSSR count). The molecule has 2 fully saturated rings. The van der Waals surface area contributed by atoms with Crippen LogP contribution in [-0.2, 0) is 0 Å². The Bertz CT molecular complexity index is 2230. The number of piperidine rings is 2. The van der Waals surface area contributed by atoms with Crippen LogP contribution in [0.25, 0.3) is 0 Å². The van der Waals surface area contributed by atoms with Crippen molar-refractivity contribution in [3.8, 4) is 0 Å². The van der Waals surface area contributed by atoms with Crippen molar-refractivity contribution in [1.29, 1.82) is 0 Å². The number of alkyl halides is 1. The molecule has 0 bridgehead atoms. The largest absolute Gasteiger partial charge is 1.00 e. The summed E-state index contributed by atoms with van der Waals surface area (Å²) in [4.78, 5) is 82.1. The van der Waals surface area contributed by atoms with Gasteiger partial charge in [-0.3, -0.25) is 38.6 Å². The van der Waals surface area contributed by atoms with Crippen LogP contribution >= 0.6 is 68.5 Å². The van der Waals surface area contributed by atoms with Crippen molar-refractivity contribution in [2.24, 2.45) is 5.92 Å². The molecular weight excluding hydrogens is 1060 g/mol. The Labute approximate surface area is 392 Å². The van der Waals surface area contributed by atoms with Gasteiger partial charge in [0.15, 0.2) is 0 Å². The number of carbonyl (C=O) groups is 6. The van der Waals surface area contributed by atoms with Gasteiger partial charge in [0.05, 0.1) is 79.2 Å². The molecule has 6 heterocycles. The van der Waals surface area contributed by atoms with E-state index in [1.54, 1.807) is 60.7 Å². The van der Waals surface area contributed by atoms with Gasteiger partial charge in [0, 0.05) is 12.6 Å². The summed E-state index contributed by atoms with van der Waals surface area (Å²) >= 11 is 16.3. The summed E-state index contributed by atoms with van der Waals surface area (Å²) in [6.07, 6.45) is 4.52. The van der Waals surface area contributed by atoms with Crippen molar-refractivity contribution >= 4 is 115 Å². The monoisotopic (exact) mass is 1100 g/mol. The van der Waals surface area contributed by atoms with Gasteiger partial charge in [0.1, 0.15) is 0 Å². The van der Waals surface area contributed by atoms with Crippen molar-refractivity contribution in [2.75, 3.05) is 62.4 Å². The number of benzene rings is 2. The zero-order valence-corrected chi connectivity index (χ0v) is 40.1. The number of hydrogen-bond donors (Lipinski definition) is 3. The van der Waals surface area contributed by atoms with Gasteiger partial charge < -0.3 is 44.4 Å². The van der Waals surface area contributed by atoms with E-state index in [2.05, 4.69) is 52.6 Å². The lowest BCUT2D eigenvalue weighted by molar-refractivity contribution is -0.896. The van der Waals surface area contributed by atoms with Gasteiger partial charge in [0.25, 0.3) is 35.4 Å². The molecule has 0 unspecified atom stereocenters. The average Bonchev–Trinajstić information content (AvgIpc) is 3.98. The van der Waals surface area contributed by atoms with E-state index in [0.717, 1.165) is 85.4 Å². The lowest BCUT2D eigenvalue weighted by atomic mass is 9.92. The van der Waals surface area contributed by atoms with Gasteiger partial charge in [-0.2, -0.15) is 0 Å². The summed E-state index contributed by atoms with van der Waals surface area (Å²) in [5.74, 6) is -1.40. The molecule has 59 heavy (non-hydrogen) atoms. The van der Waals surface area contributed by atoms with Crippen molar-refractivity contribution in [3.63, 3.8) is 0 Å². The zero-order chi connectivity index (χ0) is 41.7. The Morgan fingerprint density at radius 3 is 1.71 bits per heavy atom. The van der Waals surface area contributed by atoms with E-state index in [4.69, 9.17) is 23.2 Å². The van der Waals surface area contributed by atoms with Crippen LogP contribution in [0.2, 0.25) is 8.67 Å². The molecule has 4 aliphatic rings. The summed E-state index contributed by atoms with van der Waals surface area (Å²) in [6.45, 7) is 4.21. The number of carbonyl (C=O) groups excluding carboxylic acids is 6. The minimum Gasteiger partial charge on any atom is -1.00 e. The van der Waals surface area contributed by atoms with Crippen LogP contribution < -0.4 is 39.9 Å². The Kier molecular flexibility index (Phi) is 16.5. The highest BCUT2D eigenvalue weighted by atomic mass is 127. The maximum atomic E-state index is 13.1. The minimum atomic E-state index is -0.351. The predicted octanol–water partition coefficient (Wildman–Crippen LogP) is 5.18. The van der Waals surface area contributed by atoms with E-state index >= 15 is 0 Å². The number of thiophene rings is 2. The van der Waals surface area contributed by atoms with Crippen LogP contribution in [0.5, 0.6) is 0 Å². The molecule has 3 N–H and O–H groups in total. The summed E-state index contributed by atoms with van der Waals surface area (Å²) < 4.78 is 2.06. The quantitative estimate of drug-likeness (QED) is 0.0956. The molecule has 0 saturated carbocycles. The van der Waals surface area contributed by atoms with Crippen LogP contribution in [0, 0.1) is 5.92 Å². The fraction of sp³-hybridized carbons (Fsp3) is 0.366. The van der Waals surface area contributed by atoms with Crippen molar-refractivity contribution in [3.05, 3.63) is 101 Å². The fourth-order valence-corrected chi connectivity index (χ4v) is 9.48. The molecule has 4 aromatic rings. The number of likely N-dealkylation sites (tertiary alicyclic amines) is 1. The Morgan fingerprint density at radius 1 is 0.729 bits per heavy atom. The topological polar surface area (TPSA) is 145 Å². The highest BCUT2D eigenvalue weighted by Crippen LogP contribution is 2.34. The van der Waals surface area contributed by atoms with E-state index in [-0.39, 0.29) is 76.6 Å². The Balaban J connectivity index is 0.000000214. The van der Waals surface area contributed by atoms with E-state index < -0.39 is 0 Å². The highest BCUT2D eigenvalue weighted by Gasteiger charge is 2.42. The maximum absolute atomic E-state index is 13.1. The molecule has 0 spiro atoms. The van der Waals surface area contributed by atoms with E-state index in [1.807, 2.05) is 4.93 Å². The van der Waals surface area contributed by atoms with Crippen LogP contribution in [0.4, 0.5) is 11.4 Å². The second kappa shape index (κ2) is 20.7. The lowest BCUT2D eigenvalue weighted by Gasteiger charge is -2.37. The first-order valence-electron chi connectivity index (χ1n) is 18.9. The van der Waals surface area contributed by atoms with Crippen LogP contribution in [-0.4, -0.2) is 108 Å². The molecular formula is C41H44Cl2I2N6O6S2. The third-order valence-electron chi connectivity index (χ3n) is 10.8. The maximum Gasteiger partial charge on any atom is 0.265 e. The second-order valence-electron chi connectivity index (χ2n) is 14.9. The van der Waals surface area contributed by atoms with Crippen molar-refractivity contribution < 1.29 is 57.2 Å². The summed E-state index contributed by atoms with van der Waals surface area (Å²) in [6, 6.07) is 16.4. The average molecular weight is 1110 g/mol. The van der Waals surface area contributed by atoms with E-state index in [9.17, 15) is 28.8 Å². The molecule has 2 aromatic heterocycles. The number of hydrogen-bond acceptors (Lipinski definition) is 9. The lowest BCUT2D eigenvalue weighted by Crippen LogP contribution is -3.00. The van der Waals surface area contributed by atoms with Gasteiger partial charge in [-0.25, -0.2) is 0 Å². The number of anilines is 2. The van der Waals surface area contributed by atoms with Gasteiger partial charge in [-0.15, -0.1) is 22.7 Å². The predicted molar refractivity (Wildman–Crippen MR) is 238 cm³/mol. The van der Waals surface area contributed by atoms with Gasteiger partial charge >= 0.3 is 0 Å². The number of imide groups is 2. The van der Waals surface area contributed by atoms with E-state index in [0.29, 0.717) is 53.4 Å². The molecule has 2 saturated heterocycles. The summed E-state index contributed by atoms with van der Waals surface area (Å²) in [5, 5.41) is 8.75.